The molecule has 236 valence electrons. The fraction of sp³-hybridized carbons (Fsp3) is 0.0217. The van der Waals surface area contributed by atoms with Crippen LogP contribution < -0.4 is 5.32 Å². The maximum atomic E-state index is 5.15. The normalized spacial score (nSPS) is 12.5. The number of allylic oxidation sites excluding steroid dienone is 2. The number of aromatic nitrogens is 3. The number of nitrogens with one attached hydrogen (secondary N) is 1. The number of rotatable bonds is 6. The summed E-state index contributed by atoms with van der Waals surface area (Å²) in [6, 6.07) is 55.2. The summed E-state index contributed by atoms with van der Waals surface area (Å²) in [5.41, 5.74) is 12.7. The smallest absolute Gasteiger partial charge is 0.160 e. The number of hydrogen-bond acceptors (Lipinski definition) is 4. The summed E-state index contributed by atoms with van der Waals surface area (Å²) in [5, 5.41) is 6.80. The van der Waals surface area contributed by atoms with E-state index in [9.17, 15) is 0 Å². The Morgan fingerprint density at radius 3 is 1.84 bits per heavy atom. The molecule has 4 heteroatoms. The zero-order chi connectivity index (χ0) is 33.3. The molecule has 0 saturated carbocycles. The number of nitrogens with zero attached hydrogens (tertiary/aromatic N) is 3. The minimum atomic E-state index is 0.715. The van der Waals surface area contributed by atoms with Crippen LogP contribution in [0.25, 0.3) is 83.4 Å². The zero-order valence-electron chi connectivity index (χ0n) is 27.3. The third kappa shape index (κ3) is 5.53. The van der Waals surface area contributed by atoms with Crippen LogP contribution in [0.5, 0.6) is 0 Å². The van der Waals surface area contributed by atoms with Crippen LogP contribution in [0.15, 0.2) is 176 Å². The molecule has 6 aromatic carbocycles. The molecule has 0 atom stereocenters. The van der Waals surface area contributed by atoms with E-state index >= 15 is 0 Å². The van der Waals surface area contributed by atoms with Crippen molar-refractivity contribution in [1.29, 1.82) is 0 Å². The van der Waals surface area contributed by atoms with Crippen LogP contribution in [0.3, 0.4) is 0 Å². The van der Waals surface area contributed by atoms with Gasteiger partial charge in [-0.05, 0) is 58.3 Å². The second kappa shape index (κ2) is 12.8. The van der Waals surface area contributed by atoms with Crippen LogP contribution in [0.1, 0.15) is 5.69 Å². The number of benzene rings is 6. The lowest BCUT2D eigenvalue weighted by molar-refractivity contribution is 0.975. The predicted molar refractivity (Wildman–Crippen MR) is 207 cm³/mol. The Kier molecular flexibility index (Phi) is 7.52. The molecule has 0 amide bonds. The molecule has 0 unspecified atom stereocenters. The van der Waals surface area contributed by atoms with Gasteiger partial charge in [-0.15, -0.1) is 0 Å². The number of para-hydroxylation sites is 1. The lowest BCUT2D eigenvalue weighted by Crippen LogP contribution is -2.09. The first-order chi connectivity index (χ1) is 24.8. The average molecular weight is 641 g/mol. The molecule has 50 heavy (non-hydrogen) atoms. The molecule has 0 spiro atoms. The Morgan fingerprint density at radius 2 is 1.08 bits per heavy atom. The molecular weight excluding hydrogens is 609 g/mol. The van der Waals surface area contributed by atoms with Crippen LogP contribution in [-0.2, 0) is 0 Å². The quantitative estimate of drug-likeness (QED) is 0.184. The Hall–Kier alpha value is -6.65. The molecular formula is C46H32N4. The third-order valence-corrected chi connectivity index (χ3v) is 9.33. The number of fused-ring (bicyclic) bond motifs is 3. The Morgan fingerprint density at radius 1 is 0.460 bits per heavy atom. The first-order valence-corrected chi connectivity index (χ1v) is 16.9. The summed E-state index contributed by atoms with van der Waals surface area (Å²) in [5.74, 6) is 0.715. The summed E-state index contributed by atoms with van der Waals surface area (Å²) in [6.45, 7) is 0.794. The molecule has 4 nitrogen and oxygen atoms in total. The molecule has 1 aliphatic heterocycles. The van der Waals surface area contributed by atoms with E-state index in [1.165, 1.54) is 16.5 Å². The summed E-state index contributed by atoms with van der Waals surface area (Å²) in [4.78, 5) is 15.1. The first kappa shape index (κ1) is 29.5. The van der Waals surface area contributed by atoms with Gasteiger partial charge in [0.2, 0.25) is 0 Å². The zero-order valence-corrected chi connectivity index (χ0v) is 27.3. The number of pyridine rings is 1. The van der Waals surface area contributed by atoms with E-state index in [0.29, 0.717) is 5.82 Å². The van der Waals surface area contributed by atoms with Crippen molar-refractivity contribution in [2.75, 3.05) is 6.54 Å². The average Bonchev–Trinajstić information content (AvgIpc) is 3.21. The topological polar surface area (TPSA) is 50.7 Å². The molecule has 1 aliphatic rings. The van der Waals surface area contributed by atoms with E-state index < -0.39 is 0 Å². The van der Waals surface area contributed by atoms with E-state index in [4.69, 9.17) is 15.0 Å². The van der Waals surface area contributed by atoms with Crippen molar-refractivity contribution in [3.05, 3.63) is 182 Å². The lowest BCUT2D eigenvalue weighted by Gasteiger charge is -2.16. The van der Waals surface area contributed by atoms with Crippen LogP contribution in [0.2, 0.25) is 0 Å². The van der Waals surface area contributed by atoms with Crippen molar-refractivity contribution < 1.29 is 0 Å². The van der Waals surface area contributed by atoms with E-state index in [1.807, 2.05) is 42.6 Å². The first-order valence-electron chi connectivity index (χ1n) is 16.9. The maximum absolute atomic E-state index is 5.15. The highest BCUT2D eigenvalue weighted by atomic mass is 14.9. The van der Waals surface area contributed by atoms with Gasteiger partial charge in [0.1, 0.15) is 0 Å². The molecule has 3 heterocycles. The van der Waals surface area contributed by atoms with Crippen molar-refractivity contribution in [3.8, 4) is 56.2 Å². The second-order valence-electron chi connectivity index (χ2n) is 12.5. The van der Waals surface area contributed by atoms with E-state index in [1.54, 1.807) is 0 Å². The molecule has 0 radical (unpaired) electrons. The maximum Gasteiger partial charge on any atom is 0.160 e. The lowest BCUT2D eigenvalue weighted by atomic mass is 9.91. The van der Waals surface area contributed by atoms with Gasteiger partial charge >= 0.3 is 0 Å². The molecule has 0 bridgehead atoms. The van der Waals surface area contributed by atoms with Crippen molar-refractivity contribution in [3.63, 3.8) is 0 Å². The molecule has 0 saturated heterocycles. The Bertz CT molecular complexity index is 2510. The standard InChI is InChI=1S/C46H32N4/c1-3-11-32(12-4-1)42-30-43(50-46(49-42)35-13-5-2-6-14-35)33-23-21-31(22-24-33)36-15-9-16-37(29-36)38-18-10-19-40-44(38)39-17-7-8-20-41(39)48-45(40)34-25-27-47-28-26-34/h1-27,29-30,47H,28H2. The molecule has 0 fully saturated rings. The Labute approximate surface area is 291 Å². The van der Waals surface area contributed by atoms with Gasteiger partial charge in [-0.3, -0.25) is 0 Å². The van der Waals surface area contributed by atoms with Crippen LogP contribution in [0.4, 0.5) is 0 Å². The highest BCUT2D eigenvalue weighted by molar-refractivity contribution is 6.16. The summed E-state index contributed by atoms with van der Waals surface area (Å²) >= 11 is 0. The van der Waals surface area contributed by atoms with Gasteiger partial charge in [0.05, 0.1) is 22.6 Å². The van der Waals surface area contributed by atoms with Gasteiger partial charge in [-0.1, -0.05) is 146 Å². The van der Waals surface area contributed by atoms with E-state index in [2.05, 4.69) is 139 Å². The molecule has 1 N–H and O–H groups in total. The van der Waals surface area contributed by atoms with Gasteiger partial charge < -0.3 is 5.32 Å². The second-order valence-corrected chi connectivity index (χ2v) is 12.5. The van der Waals surface area contributed by atoms with Crippen molar-refractivity contribution in [2.24, 2.45) is 0 Å². The fourth-order valence-electron chi connectivity index (χ4n) is 6.86. The summed E-state index contributed by atoms with van der Waals surface area (Å²) < 4.78 is 0. The molecule has 2 aromatic heterocycles. The van der Waals surface area contributed by atoms with Crippen molar-refractivity contribution in [2.45, 2.75) is 0 Å². The van der Waals surface area contributed by atoms with Crippen molar-refractivity contribution in [1.82, 2.24) is 20.3 Å². The van der Waals surface area contributed by atoms with Gasteiger partial charge in [0, 0.05) is 39.4 Å². The van der Waals surface area contributed by atoms with Gasteiger partial charge in [0.25, 0.3) is 0 Å². The molecule has 0 aliphatic carbocycles. The monoisotopic (exact) mass is 640 g/mol. The molecule has 8 aromatic rings. The minimum absolute atomic E-state index is 0.715. The number of dihydropyridines is 1. The van der Waals surface area contributed by atoms with Crippen LogP contribution in [0, 0.1) is 0 Å². The largest absolute Gasteiger partial charge is 0.387 e. The number of hydrogen-bond donors (Lipinski definition) is 1. The summed E-state index contributed by atoms with van der Waals surface area (Å²) in [6.07, 6.45) is 6.33. The Balaban J connectivity index is 1.12. The van der Waals surface area contributed by atoms with Crippen LogP contribution in [-0.4, -0.2) is 21.5 Å². The van der Waals surface area contributed by atoms with E-state index in [-0.39, 0.29) is 0 Å². The van der Waals surface area contributed by atoms with E-state index in [0.717, 1.165) is 73.3 Å². The third-order valence-electron chi connectivity index (χ3n) is 9.33. The SMILES string of the molecule is C1=CC(c2nc3ccccc3c3c(-c4cccc(-c5ccc(-c6cc(-c7ccccc7)nc(-c7ccccc7)n6)cc5)c4)cccc23)=CCN1. The highest BCUT2D eigenvalue weighted by Crippen LogP contribution is 2.39. The highest BCUT2D eigenvalue weighted by Gasteiger charge is 2.16. The van der Waals surface area contributed by atoms with Crippen molar-refractivity contribution >= 4 is 27.2 Å². The minimum Gasteiger partial charge on any atom is -0.387 e. The fourth-order valence-corrected chi connectivity index (χ4v) is 6.86. The van der Waals surface area contributed by atoms with Gasteiger partial charge in [0.15, 0.2) is 5.82 Å². The summed E-state index contributed by atoms with van der Waals surface area (Å²) in [7, 11) is 0. The van der Waals surface area contributed by atoms with Gasteiger partial charge in [-0.2, -0.15) is 0 Å². The van der Waals surface area contributed by atoms with Crippen LogP contribution >= 0.6 is 0 Å². The molecule has 9 rings (SSSR count). The predicted octanol–water partition coefficient (Wildman–Crippen LogP) is 11.0. The van der Waals surface area contributed by atoms with Gasteiger partial charge in [-0.25, -0.2) is 15.0 Å².